The fourth-order valence-electron chi connectivity index (χ4n) is 2.01. The molecule has 2 N–H and O–H groups in total. The minimum atomic E-state index is -0.291. The van der Waals surface area contributed by atoms with Gasteiger partial charge in [0.05, 0.1) is 0 Å². The summed E-state index contributed by atoms with van der Waals surface area (Å²) in [5.41, 5.74) is 1.09. The lowest BCUT2D eigenvalue weighted by Crippen LogP contribution is -2.26. The van der Waals surface area contributed by atoms with Crippen molar-refractivity contribution in [3.05, 3.63) is 82.3 Å². The van der Waals surface area contributed by atoms with Crippen molar-refractivity contribution in [3.63, 3.8) is 0 Å². The number of nitrogens with one attached hydrogen (secondary N) is 2. The van der Waals surface area contributed by atoms with Crippen LogP contribution in [0.1, 0.15) is 16.3 Å². The van der Waals surface area contributed by atoms with Gasteiger partial charge in [-0.25, -0.2) is 14.4 Å². The van der Waals surface area contributed by atoms with Crippen LogP contribution in [-0.4, -0.2) is 21.6 Å². The summed E-state index contributed by atoms with van der Waals surface area (Å²) in [6, 6.07) is 11.9. The van der Waals surface area contributed by atoms with E-state index in [1.54, 1.807) is 48.1 Å². The molecule has 0 radical (unpaired) electrons. The summed E-state index contributed by atoms with van der Waals surface area (Å²) in [6.45, 7) is 0.243. The van der Waals surface area contributed by atoms with Crippen LogP contribution in [-0.2, 0) is 6.54 Å². The van der Waals surface area contributed by atoms with Crippen LogP contribution in [0.2, 0.25) is 0 Å². The zero-order valence-corrected chi connectivity index (χ0v) is 13.4. The monoisotopic (exact) mass is 339 g/mol. The van der Waals surface area contributed by atoms with Crippen molar-refractivity contribution in [1.82, 2.24) is 15.3 Å². The van der Waals surface area contributed by atoms with Gasteiger partial charge in [-0.1, -0.05) is 24.3 Å². The van der Waals surface area contributed by atoms with Gasteiger partial charge in [-0.05, 0) is 18.2 Å². The number of rotatable bonds is 4. The summed E-state index contributed by atoms with van der Waals surface area (Å²) >= 11 is 1.33. The molecule has 120 valence electrons. The van der Waals surface area contributed by atoms with E-state index in [1.807, 2.05) is 6.07 Å². The molecule has 7 heteroatoms. The molecule has 0 saturated heterocycles. The fraction of sp³-hybridized carbons (Fsp3) is 0.0588. The molecule has 24 heavy (non-hydrogen) atoms. The van der Waals surface area contributed by atoms with E-state index >= 15 is 0 Å². The molecule has 0 saturated carbocycles. The van der Waals surface area contributed by atoms with Crippen molar-refractivity contribution in [2.75, 3.05) is 0 Å². The number of amidine groups is 2. The van der Waals surface area contributed by atoms with Gasteiger partial charge in [0.15, 0.2) is 16.7 Å². The summed E-state index contributed by atoms with van der Waals surface area (Å²) in [4.78, 5) is 12.6. The van der Waals surface area contributed by atoms with Crippen molar-refractivity contribution in [2.24, 2.45) is 4.99 Å². The first-order chi connectivity index (χ1) is 11.7. The highest BCUT2D eigenvalue weighted by atomic mass is 32.1. The lowest BCUT2D eigenvalue weighted by Gasteiger charge is -2.10. The van der Waals surface area contributed by atoms with Crippen LogP contribution in [0.3, 0.4) is 0 Å². The molecule has 0 aliphatic rings. The van der Waals surface area contributed by atoms with Gasteiger partial charge in [-0.3, -0.25) is 10.4 Å². The number of thiazole rings is 1. The molecule has 0 unspecified atom stereocenters. The predicted molar refractivity (Wildman–Crippen MR) is 93.0 cm³/mol. The minimum absolute atomic E-state index is 0.0340. The third kappa shape index (κ3) is 3.88. The Morgan fingerprint density at radius 2 is 1.96 bits per heavy atom. The average Bonchev–Trinajstić information content (AvgIpc) is 3.15. The van der Waals surface area contributed by atoms with E-state index in [0.29, 0.717) is 22.1 Å². The lowest BCUT2D eigenvalue weighted by molar-refractivity contribution is 0.606. The number of nitrogens with zero attached hydrogens (tertiary/aromatic N) is 3. The lowest BCUT2D eigenvalue weighted by atomic mass is 10.2. The molecule has 0 aliphatic heterocycles. The van der Waals surface area contributed by atoms with E-state index in [1.165, 1.54) is 17.4 Å². The molecule has 0 spiro atoms. The molecule has 5 nitrogen and oxygen atoms in total. The maximum absolute atomic E-state index is 13.8. The SMILES string of the molecule is N=C(/N=C(\NCc1ccccc1F)c1ccccn1)c1nccs1. The van der Waals surface area contributed by atoms with E-state index < -0.39 is 0 Å². The number of hydrogen-bond acceptors (Lipinski definition) is 4. The number of aromatic nitrogens is 2. The van der Waals surface area contributed by atoms with Crippen LogP contribution >= 0.6 is 11.3 Å². The number of aliphatic imine (C=N–C) groups is 1. The van der Waals surface area contributed by atoms with E-state index in [2.05, 4.69) is 20.3 Å². The number of halogens is 1. The van der Waals surface area contributed by atoms with Crippen molar-refractivity contribution >= 4 is 23.0 Å². The van der Waals surface area contributed by atoms with Gasteiger partial charge in [0.2, 0.25) is 0 Å². The van der Waals surface area contributed by atoms with Crippen LogP contribution in [0.25, 0.3) is 0 Å². The predicted octanol–water partition coefficient (Wildman–Crippen LogP) is 3.24. The van der Waals surface area contributed by atoms with Gasteiger partial charge in [-0.2, -0.15) is 0 Å². The molecular formula is C17H14FN5S. The summed E-state index contributed by atoms with van der Waals surface area (Å²) in [6.07, 6.45) is 3.26. The van der Waals surface area contributed by atoms with E-state index in [-0.39, 0.29) is 18.2 Å². The Kier molecular flexibility index (Phi) is 5.02. The van der Waals surface area contributed by atoms with Gasteiger partial charge in [0.1, 0.15) is 11.5 Å². The normalized spacial score (nSPS) is 11.3. The Labute approximate surface area is 142 Å². The van der Waals surface area contributed by atoms with Gasteiger partial charge >= 0.3 is 0 Å². The highest BCUT2D eigenvalue weighted by Gasteiger charge is 2.10. The second kappa shape index (κ2) is 7.56. The Bertz CT molecular complexity index is 846. The Morgan fingerprint density at radius 3 is 2.67 bits per heavy atom. The summed E-state index contributed by atoms with van der Waals surface area (Å²) in [7, 11) is 0. The van der Waals surface area contributed by atoms with Crippen LogP contribution in [0.4, 0.5) is 4.39 Å². The third-order valence-electron chi connectivity index (χ3n) is 3.17. The molecule has 0 fully saturated rings. The van der Waals surface area contributed by atoms with E-state index in [0.717, 1.165) is 0 Å². The van der Waals surface area contributed by atoms with Gasteiger partial charge in [-0.15, -0.1) is 11.3 Å². The Balaban J connectivity index is 1.85. The summed E-state index contributed by atoms with van der Waals surface area (Å²) in [5, 5.41) is 13.4. The van der Waals surface area contributed by atoms with Crippen molar-refractivity contribution in [2.45, 2.75) is 6.54 Å². The molecule has 2 aromatic heterocycles. The molecule has 0 aliphatic carbocycles. The molecule has 3 rings (SSSR count). The van der Waals surface area contributed by atoms with Crippen LogP contribution in [0.15, 0.2) is 65.2 Å². The van der Waals surface area contributed by atoms with Gasteiger partial charge < -0.3 is 5.32 Å². The third-order valence-corrected chi connectivity index (χ3v) is 3.95. The van der Waals surface area contributed by atoms with Crippen molar-refractivity contribution in [1.29, 1.82) is 5.41 Å². The largest absolute Gasteiger partial charge is 0.364 e. The highest BCUT2D eigenvalue weighted by Crippen LogP contribution is 2.09. The molecule has 0 atom stereocenters. The molecule has 3 aromatic rings. The number of pyridine rings is 1. The maximum atomic E-state index is 13.8. The molecule has 0 bridgehead atoms. The van der Waals surface area contributed by atoms with Crippen molar-refractivity contribution < 1.29 is 4.39 Å². The van der Waals surface area contributed by atoms with E-state index in [4.69, 9.17) is 5.41 Å². The number of hydrogen-bond donors (Lipinski definition) is 2. The van der Waals surface area contributed by atoms with Gasteiger partial charge in [0, 0.05) is 29.9 Å². The second-order valence-electron chi connectivity index (χ2n) is 4.81. The highest BCUT2D eigenvalue weighted by molar-refractivity contribution is 7.11. The first-order valence-electron chi connectivity index (χ1n) is 7.20. The molecular weight excluding hydrogens is 325 g/mol. The minimum Gasteiger partial charge on any atom is -0.364 e. The zero-order chi connectivity index (χ0) is 16.8. The number of benzene rings is 1. The quantitative estimate of drug-likeness (QED) is 0.566. The summed E-state index contributed by atoms with van der Waals surface area (Å²) < 4.78 is 13.8. The van der Waals surface area contributed by atoms with Crippen LogP contribution in [0, 0.1) is 11.2 Å². The standard InChI is InChI=1S/C17H14FN5S/c18-13-6-2-1-5-12(13)11-22-16(14-7-3-4-8-20-14)23-15(19)17-21-9-10-24-17/h1-10H,11H2,(H2,19,22,23). The van der Waals surface area contributed by atoms with Crippen molar-refractivity contribution in [3.8, 4) is 0 Å². The first kappa shape index (κ1) is 15.9. The second-order valence-corrected chi connectivity index (χ2v) is 5.70. The first-order valence-corrected chi connectivity index (χ1v) is 8.08. The average molecular weight is 339 g/mol. The molecule has 2 heterocycles. The maximum Gasteiger partial charge on any atom is 0.183 e. The fourth-order valence-corrected chi connectivity index (χ4v) is 2.54. The smallest absolute Gasteiger partial charge is 0.183 e. The molecule has 1 aromatic carbocycles. The zero-order valence-electron chi connectivity index (χ0n) is 12.6. The topological polar surface area (TPSA) is 74.0 Å². The van der Waals surface area contributed by atoms with Gasteiger partial charge in [0.25, 0.3) is 0 Å². The molecule has 0 amide bonds. The van der Waals surface area contributed by atoms with E-state index in [9.17, 15) is 4.39 Å². The Morgan fingerprint density at radius 1 is 1.12 bits per heavy atom. The van der Waals surface area contributed by atoms with Crippen LogP contribution in [0.5, 0.6) is 0 Å². The Hall–Kier alpha value is -2.93. The summed E-state index contributed by atoms with van der Waals surface area (Å²) in [5.74, 6) is 0.145. The van der Waals surface area contributed by atoms with Crippen LogP contribution < -0.4 is 5.32 Å².